The van der Waals surface area contributed by atoms with Crippen molar-refractivity contribution in [3.05, 3.63) is 72.8 Å². The highest BCUT2D eigenvalue weighted by Crippen LogP contribution is 2.39. The first-order valence-corrected chi connectivity index (χ1v) is 7.88. The van der Waals surface area contributed by atoms with Gasteiger partial charge in [0.1, 0.15) is 10.8 Å². The lowest BCUT2D eigenvalue weighted by Gasteiger charge is -2.09. The van der Waals surface area contributed by atoms with Gasteiger partial charge in [0.05, 0.1) is 10.2 Å². The average Bonchev–Trinajstić information content (AvgIpc) is 2.99. The van der Waals surface area contributed by atoms with Crippen molar-refractivity contribution in [1.29, 1.82) is 0 Å². The fourth-order valence-corrected chi connectivity index (χ4v) is 3.60. The van der Waals surface area contributed by atoms with Gasteiger partial charge >= 0.3 is 0 Å². The standard InChI is InChI=1S/C19H13NOS/c21-17-11-5-3-8-14(17)13-7-1-2-9-15(13)19-20-16-10-4-6-12-18(16)22-19/h1-12,21H. The summed E-state index contributed by atoms with van der Waals surface area (Å²) in [7, 11) is 0. The Balaban J connectivity index is 1.95. The van der Waals surface area contributed by atoms with Crippen molar-refractivity contribution < 1.29 is 5.11 Å². The van der Waals surface area contributed by atoms with Gasteiger partial charge in [-0.2, -0.15) is 0 Å². The van der Waals surface area contributed by atoms with Crippen LogP contribution in [0.25, 0.3) is 31.9 Å². The van der Waals surface area contributed by atoms with Crippen LogP contribution in [0.5, 0.6) is 5.75 Å². The van der Waals surface area contributed by atoms with Crippen LogP contribution in [0.15, 0.2) is 72.8 Å². The van der Waals surface area contributed by atoms with E-state index in [1.165, 1.54) is 4.70 Å². The molecule has 0 aliphatic heterocycles. The van der Waals surface area contributed by atoms with Crippen LogP contribution in [0.2, 0.25) is 0 Å². The highest BCUT2D eigenvalue weighted by atomic mass is 32.1. The minimum atomic E-state index is 0.288. The summed E-state index contributed by atoms with van der Waals surface area (Å²) in [6.45, 7) is 0. The van der Waals surface area contributed by atoms with Gasteiger partial charge in [-0.25, -0.2) is 4.98 Å². The number of phenolic OH excluding ortho intramolecular Hbond substituents is 1. The maximum Gasteiger partial charge on any atom is 0.125 e. The van der Waals surface area contributed by atoms with E-state index >= 15 is 0 Å². The van der Waals surface area contributed by atoms with Crippen LogP contribution >= 0.6 is 11.3 Å². The second kappa shape index (κ2) is 5.28. The van der Waals surface area contributed by atoms with Gasteiger partial charge in [-0.1, -0.05) is 54.6 Å². The molecular weight excluding hydrogens is 290 g/mol. The highest BCUT2D eigenvalue weighted by molar-refractivity contribution is 7.21. The van der Waals surface area contributed by atoms with Crippen LogP contribution in [0, 0.1) is 0 Å². The molecule has 0 aliphatic rings. The molecule has 0 saturated heterocycles. The predicted molar refractivity (Wildman–Crippen MR) is 92.2 cm³/mol. The van der Waals surface area contributed by atoms with E-state index in [9.17, 15) is 5.11 Å². The van der Waals surface area contributed by atoms with Crippen LogP contribution in [0.3, 0.4) is 0 Å². The Morgan fingerprint density at radius 2 is 1.32 bits per heavy atom. The zero-order valence-electron chi connectivity index (χ0n) is 11.7. The van der Waals surface area contributed by atoms with Crippen LogP contribution < -0.4 is 0 Å². The summed E-state index contributed by atoms with van der Waals surface area (Å²) >= 11 is 1.67. The summed E-state index contributed by atoms with van der Waals surface area (Å²) in [6, 6.07) is 23.6. The van der Waals surface area contributed by atoms with E-state index in [-0.39, 0.29) is 5.75 Å². The van der Waals surface area contributed by atoms with Crippen molar-refractivity contribution in [3.8, 4) is 27.4 Å². The average molecular weight is 303 g/mol. The van der Waals surface area contributed by atoms with Crippen molar-refractivity contribution in [3.63, 3.8) is 0 Å². The maximum absolute atomic E-state index is 10.2. The Labute approximate surface area is 132 Å². The van der Waals surface area contributed by atoms with Crippen molar-refractivity contribution in [2.75, 3.05) is 0 Å². The summed E-state index contributed by atoms with van der Waals surface area (Å²) in [4.78, 5) is 4.74. The Kier molecular flexibility index (Phi) is 3.13. The summed E-state index contributed by atoms with van der Waals surface area (Å²) in [6.07, 6.45) is 0. The van der Waals surface area contributed by atoms with E-state index in [0.717, 1.165) is 27.2 Å². The molecule has 0 unspecified atom stereocenters. The van der Waals surface area contributed by atoms with Crippen LogP contribution in [-0.4, -0.2) is 10.1 Å². The molecule has 1 aromatic heterocycles. The number of aromatic hydroxyl groups is 1. The number of fused-ring (bicyclic) bond motifs is 1. The lowest BCUT2D eigenvalue weighted by atomic mass is 9.99. The van der Waals surface area contributed by atoms with Gasteiger partial charge in [0.2, 0.25) is 0 Å². The second-order valence-electron chi connectivity index (χ2n) is 5.05. The van der Waals surface area contributed by atoms with Gasteiger partial charge in [-0.3, -0.25) is 0 Å². The molecule has 2 nitrogen and oxygen atoms in total. The molecule has 4 rings (SSSR count). The van der Waals surface area contributed by atoms with Gasteiger partial charge in [-0.15, -0.1) is 11.3 Å². The zero-order valence-corrected chi connectivity index (χ0v) is 12.5. The molecule has 106 valence electrons. The number of benzene rings is 3. The fraction of sp³-hybridized carbons (Fsp3) is 0. The quantitative estimate of drug-likeness (QED) is 0.542. The van der Waals surface area contributed by atoms with E-state index in [2.05, 4.69) is 12.1 Å². The van der Waals surface area contributed by atoms with Gasteiger partial charge in [0.15, 0.2) is 0 Å². The molecule has 1 N–H and O–H groups in total. The van der Waals surface area contributed by atoms with Gasteiger partial charge in [0, 0.05) is 11.1 Å². The second-order valence-corrected chi connectivity index (χ2v) is 6.08. The lowest BCUT2D eigenvalue weighted by Crippen LogP contribution is -1.84. The van der Waals surface area contributed by atoms with Crippen molar-refractivity contribution in [2.45, 2.75) is 0 Å². The number of rotatable bonds is 2. The van der Waals surface area contributed by atoms with E-state index in [4.69, 9.17) is 4.98 Å². The van der Waals surface area contributed by atoms with Crippen molar-refractivity contribution >= 4 is 21.6 Å². The molecule has 0 aliphatic carbocycles. The topological polar surface area (TPSA) is 33.1 Å². The minimum Gasteiger partial charge on any atom is -0.507 e. The van der Waals surface area contributed by atoms with Crippen molar-refractivity contribution in [2.24, 2.45) is 0 Å². The van der Waals surface area contributed by atoms with E-state index in [1.54, 1.807) is 17.4 Å². The molecule has 0 saturated carbocycles. The maximum atomic E-state index is 10.2. The third kappa shape index (κ3) is 2.16. The number of thiazole rings is 1. The SMILES string of the molecule is Oc1ccccc1-c1ccccc1-c1nc2ccccc2s1. The van der Waals surface area contributed by atoms with Crippen LogP contribution in [0.1, 0.15) is 0 Å². The van der Waals surface area contributed by atoms with Gasteiger partial charge in [0.25, 0.3) is 0 Å². The molecule has 0 atom stereocenters. The normalized spacial score (nSPS) is 10.9. The molecule has 0 fully saturated rings. The van der Waals surface area contributed by atoms with E-state index < -0.39 is 0 Å². The van der Waals surface area contributed by atoms with Crippen LogP contribution in [0.4, 0.5) is 0 Å². The monoisotopic (exact) mass is 303 g/mol. The van der Waals surface area contributed by atoms with Crippen LogP contribution in [-0.2, 0) is 0 Å². The number of aromatic nitrogens is 1. The molecule has 3 aromatic carbocycles. The summed E-state index contributed by atoms with van der Waals surface area (Å²) in [5.41, 5.74) is 3.89. The number of para-hydroxylation sites is 2. The molecule has 1 heterocycles. The Bertz CT molecular complexity index is 925. The number of hydrogen-bond acceptors (Lipinski definition) is 3. The Morgan fingerprint density at radius 1 is 0.682 bits per heavy atom. The molecule has 3 heteroatoms. The molecule has 4 aromatic rings. The molecule has 0 radical (unpaired) electrons. The molecule has 22 heavy (non-hydrogen) atoms. The number of phenols is 1. The lowest BCUT2D eigenvalue weighted by molar-refractivity contribution is 0.477. The predicted octanol–water partition coefficient (Wildman–Crippen LogP) is 5.34. The first kappa shape index (κ1) is 13.0. The molecular formula is C19H13NOS. The largest absolute Gasteiger partial charge is 0.507 e. The third-order valence-electron chi connectivity index (χ3n) is 3.65. The summed E-state index contributed by atoms with van der Waals surface area (Å²) in [5.74, 6) is 0.288. The van der Waals surface area contributed by atoms with E-state index in [1.807, 2.05) is 54.6 Å². The number of hydrogen-bond donors (Lipinski definition) is 1. The smallest absolute Gasteiger partial charge is 0.125 e. The third-order valence-corrected chi connectivity index (χ3v) is 4.72. The zero-order chi connectivity index (χ0) is 14.9. The highest BCUT2D eigenvalue weighted by Gasteiger charge is 2.13. The minimum absolute atomic E-state index is 0.288. The van der Waals surface area contributed by atoms with E-state index in [0.29, 0.717) is 0 Å². The fourth-order valence-electron chi connectivity index (χ4n) is 2.59. The molecule has 0 bridgehead atoms. The first-order chi connectivity index (χ1) is 10.8. The Morgan fingerprint density at radius 3 is 2.09 bits per heavy atom. The van der Waals surface area contributed by atoms with Gasteiger partial charge < -0.3 is 5.11 Å². The molecule has 0 spiro atoms. The first-order valence-electron chi connectivity index (χ1n) is 7.06. The summed E-state index contributed by atoms with van der Waals surface area (Å²) in [5, 5.41) is 11.1. The molecule has 0 amide bonds. The summed E-state index contributed by atoms with van der Waals surface area (Å²) < 4.78 is 1.17. The Hall–Kier alpha value is -2.65. The number of nitrogens with zero attached hydrogens (tertiary/aromatic N) is 1. The van der Waals surface area contributed by atoms with Crippen molar-refractivity contribution in [1.82, 2.24) is 4.98 Å². The van der Waals surface area contributed by atoms with Gasteiger partial charge in [-0.05, 0) is 23.8 Å².